The van der Waals surface area contributed by atoms with Gasteiger partial charge in [-0.1, -0.05) is 33.1 Å². The van der Waals surface area contributed by atoms with E-state index in [1.165, 1.54) is 19.3 Å². The van der Waals surface area contributed by atoms with Gasteiger partial charge in [0.25, 0.3) is 0 Å². The predicted octanol–water partition coefficient (Wildman–Crippen LogP) is 1.91. The number of hydrogen-bond acceptors (Lipinski definition) is 2. The van der Waals surface area contributed by atoms with Crippen molar-refractivity contribution in [2.24, 2.45) is 17.6 Å². The quantitative estimate of drug-likeness (QED) is 0.705. The van der Waals surface area contributed by atoms with Crippen molar-refractivity contribution in [2.45, 2.75) is 51.6 Å². The minimum absolute atomic E-state index is 0.252. The van der Waals surface area contributed by atoms with E-state index in [4.69, 9.17) is 5.73 Å². The SMILES string of the molecule is CCC1CCCC(O)(C(C)CN)C1. The van der Waals surface area contributed by atoms with Crippen molar-refractivity contribution in [2.75, 3.05) is 6.54 Å². The zero-order chi connectivity index (χ0) is 9.90. The smallest absolute Gasteiger partial charge is 0.0687 e. The zero-order valence-corrected chi connectivity index (χ0v) is 8.92. The number of rotatable bonds is 3. The van der Waals surface area contributed by atoms with Crippen LogP contribution in [0, 0.1) is 11.8 Å². The first kappa shape index (κ1) is 11.0. The summed E-state index contributed by atoms with van der Waals surface area (Å²) in [6.45, 7) is 4.88. The van der Waals surface area contributed by atoms with Crippen molar-refractivity contribution in [3.05, 3.63) is 0 Å². The first-order chi connectivity index (χ1) is 6.12. The molecule has 3 N–H and O–H groups in total. The molecule has 78 valence electrons. The second-order valence-corrected chi connectivity index (χ2v) is 4.61. The molecule has 0 aromatic carbocycles. The molecule has 0 radical (unpaired) electrons. The van der Waals surface area contributed by atoms with E-state index in [0.717, 1.165) is 12.8 Å². The highest BCUT2D eigenvalue weighted by Crippen LogP contribution is 2.38. The topological polar surface area (TPSA) is 46.2 Å². The number of nitrogens with two attached hydrogens (primary N) is 1. The molecule has 0 saturated heterocycles. The molecule has 2 nitrogen and oxygen atoms in total. The van der Waals surface area contributed by atoms with Crippen molar-refractivity contribution in [3.63, 3.8) is 0 Å². The summed E-state index contributed by atoms with van der Waals surface area (Å²) in [6.07, 6.45) is 5.55. The van der Waals surface area contributed by atoms with Gasteiger partial charge in [0.2, 0.25) is 0 Å². The summed E-state index contributed by atoms with van der Waals surface area (Å²) in [5, 5.41) is 10.4. The lowest BCUT2D eigenvalue weighted by Gasteiger charge is -2.40. The van der Waals surface area contributed by atoms with Crippen LogP contribution in [-0.4, -0.2) is 17.3 Å². The Kier molecular flexibility index (Phi) is 3.74. The summed E-state index contributed by atoms with van der Waals surface area (Å²) >= 11 is 0. The lowest BCUT2D eigenvalue weighted by molar-refractivity contribution is -0.0571. The summed E-state index contributed by atoms with van der Waals surface area (Å²) in [5.74, 6) is 0.967. The second kappa shape index (κ2) is 4.43. The molecule has 0 aromatic heterocycles. The summed E-state index contributed by atoms with van der Waals surface area (Å²) in [6, 6.07) is 0. The standard InChI is InChI=1S/C11H23NO/c1-3-10-5-4-6-11(13,7-10)9(2)8-12/h9-10,13H,3-8,12H2,1-2H3. The Hall–Kier alpha value is -0.0800. The van der Waals surface area contributed by atoms with Crippen LogP contribution in [0.25, 0.3) is 0 Å². The average molecular weight is 185 g/mol. The van der Waals surface area contributed by atoms with Gasteiger partial charge in [0.05, 0.1) is 5.60 Å². The fourth-order valence-electron chi connectivity index (χ4n) is 2.42. The monoisotopic (exact) mass is 185 g/mol. The normalized spacial score (nSPS) is 37.4. The van der Waals surface area contributed by atoms with Gasteiger partial charge in [-0.2, -0.15) is 0 Å². The molecular weight excluding hydrogens is 162 g/mol. The molecule has 0 spiro atoms. The van der Waals surface area contributed by atoms with Crippen LogP contribution in [0.3, 0.4) is 0 Å². The van der Waals surface area contributed by atoms with Gasteiger partial charge in [0.15, 0.2) is 0 Å². The summed E-state index contributed by atoms with van der Waals surface area (Å²) in [5.41, 5.74) is 5.15. The van der Waals surface area contributed by atoms with Crippen LogP contribution in [0.5, 0.6) is 0 Å². The van der Waals surface area contributed by atoms with Crippen LogP contribution in [0.4, 0.5) is 0 Å². The molecule has 0 bridgehead atoms. The Labute approximate surface area is 81.5 Å². The maximum atomic E-state index is 10.4. The average Bonchev–Trinajstić information content (AvgIpc) is 2.16. The summed E-state index contributed by atoms with van der Waals surface area (Å²) in [7, 11) is 0. The molecule has 0 aliphatic heterocycles. The third-order valence-corrected chi connectivity index (χ3v) is 3.71. The Morgan fingerprint density at radius 1 is 1.62 bits per heavy atom. The van der Waals surface area contributed by atoms with E-state index in [2.05, 4.69) is 13.8 Å². The molecule has 3 unspecified atom stereocenters. The largest absolute Gasteiger partial charge is 0.390 e. The molecular formula is C11H23NO. The maximum absolute atomic E-state index is 10.4. The van der Waals surface area contributed by atoms with Crippen LogP contribution in [-0.2, 0) is 0 Å². The molecule has 0 heterocycles. The van der Waals surface area contributed by atoms with E-state index < -0.39 is 5.60 Å². The van der Waals surface area contributed by atoms with Crippen molar-refractivity contribution in [1.29, 1.82) is 0 Å². The molecule has 1 aliphatic carbocycles. The molecule has 3 atom stereocenters. The number of aliphatic hydroxyl groups is 1. The van der Waals surface area contributed by atoms with Gasteiger partial charge in [0, 0.05) is 0 Å². The van der Waals surface area contributed by atoms with Gasteiger partial charge in [-0.3, -0.25) is 0 Å². The minimum Gasteiger partial charge on any atom is -0.390 e. The lowest BCUT2D eigenvalue weighted by atomic mass is 9.71. The first-order valence-electron chi connectivity index (χ1n) is 5.55. The minimum atomic E-state index is -0.465. The third-order valence-electron chi connectivity index (χ3n) is 3.71. The summed E-state index contributed by atoms with van der Waals surface area (Å²) in [4.78, 5) is 0. The maximum Gasteiger partial charge on any atom is 0.0687 e. The highest BCUT2D eigenvalue weighted by molar-refractivity contribution is 4.90. The fraction of sp³-hybridized carbons (Fsp3) is 1.00. The molecule has 0 aromatic rings. The van der Waals surface area contributed by atoms with E-state index in [1.807, 2.05) is 0 Å². The van der Waals surface area contributed by atoms with Crippen LogP contribution in [0.1, 0.15) is 46.0 Å². The molecule has 13 heavy (non-hydrogen) atoms. The van der Waals surface area contributed by atoms with E-state index in [9.17, 15) is 5.11 Å². The van der Waals surface area contributed by atoms with Crippen LogP contribution >= 0.6 is 0 Å². The van der Waals surface area contributed by atoms with Gasteiger partial charge in [-0.15, -0.1) is 0 Å². The van der Waals surface area contributed by atoms with Gasteiger partial charge in [-0.05, 0) is 31.2 Å². The predicted molar refractivity (Wildman–Crippen MR) is 55.4 cm³/mol. The lowest BCUT2D eigenvalue weighted by Crippen LogP contribution is -2.44. The van der Waals surface area contributed by atoms with Crippen molar-refractivity contribution >= 4 is 0 Å². The van der Waals surface area contributed by atoms with Gasteiger partial charge >= 0.3 is 0 Å². The van der Waals surface area contributed by atoms with E-state index in [0.29, 0.717) is 12.5 Å². The first-order valence-corrected chi connectivity index (χ1v) is 5.55. The van der Waals surface area contributed by atoms with Gasteiger partial charge < -0.3 is 10.8 Å². The van der Waals surface area contributed by atoms with Crippen LogP contribution in [0.2, 0.25) is 0 Å². The van der Waals surface area contributed by atoms with Crippen molar-refractivity contribution in [1.82, 2.24) is 0 Å². The Balaban J connectivity index is 2.56. The van der Waals surface area contributed by atoms with E-state index in [-0.39, 0.29) is 5.92 Å². The second-order valence-electron chi connectivity index (χ2n) is 4.61. The highest BCUT2D eigenvalue weighted by atomic mass is 16.3. The Morgan fingerprint density at radius 2 is 2.31 bits per heavy atom. The van der Waals surface area contributed by atoms with Gasteiger partial charge in [0.1, 0.15) is 0 Å². The Bertz CT molecular complexity index is 160. The van der Waals surface area contributed by atoms with E-state index >= 15 is 0 Å². The molecule has 1 aliphatic rings. The zero-order valence-electron chi connectivity index (χ0n) is 8.92. The Morgan fingerprint density at radius 3 is 2.85 bits per heavy atom. The van der Waals surface area contributed by atoms with E-state index in [1.54, 1.807) is 0 Å². The third kappa shape index (κ3) is 2.44. The molecule has 1 fully saturated rings. The fourth-order valence-corrected chi connectivity index (χ4v) is 2.42. The van der Waals surface area contributed by atoms with Crippen molar-refractivity contribution < 1.29 is 5.11 Å². The molecule has 2 heteroatoms. The van der Waals surface area contributed by atoms with Crippen LogP contribution in [0.15, 0.2) is 0 Å². The number of hydrogen-bond donors (Lipinski definition) is 2. The molecule has 1 saturated carbocycles. The van der Waals surface area contributed by atoms with Crippen LogP contribution < -0.4 is 5.73 Å². The van der Waals surface area contributed by atoms with Crippen molar-refractivity contribution in [3.8, 4) is 0 Å². The highest BCUT2D eigenvalue weighted by Gasteiger charge is 2.37. The molecule has 0 amide bonds. The van der Waals surface area contributed by atoms with Gasteiger partial charge in [-0.25, -0.2) is 0 Å². The summed E-state index contributed by atoms with van der Waals surface area (Å²) < 4.78 is 0. The molecule has 1 rings (SSSR count).